The van der Waals surface area contributed by atoms with E-state index in [4.69, 9.17) is 9.47 Å². The SMILES string of the molecule is COc1ccc(OC)c(C(=O)CNCCNC(C)=O)c1. The van der Waals surface area contributed by atoms with Crippen molar-refractivity contribution < 1.29 is 19.1 Å². The minimum Gasteiger partial charge on any atom is -0.497 e. The molecule has 0 saturated heterocycles. The Labute approximate surface area is 118 Å². The van der Waals surface area contributed by atoms with E-state index in [9.17, 15) is 9.59 Å². The monoisotopic (exact) mass is 280 g/mol. The van der Waals surface area contributed by atoms with E-state index < -0.39 is 0 Å². The van der Waals surface area contributed by atoms with Crippen LogP contribution in [0.4, 0.5) is 0 Å². The molecule has 1 aromatic rings. The second-order valence-electron chi connectivity index (χ2n) is 4.15. The molecule has 0 radical (unpaired) electrons. The van der Waals surface area contributed by atoms with Gasteiger partial charge in [-0.1, -0.05) is 0 Å². The molecule has 0 fully saturated rings. The minimum absolute atomic E-state index is 0.0902. The molecule has 0 unspecified atom stereocenters. The van der Waals surface area contributed by atoms with Crippen molar-refractivity contribution in [2.45, 2.75) is 6.92 Å². The molecule has 1 aromatic carbocycles. The second-order valence-corrected chi connectivity index (χ2v) is 4.15. The summed E-state index contributed by atoms with van der Waals surface area (Å²) in [5, 5.41) is 5.61. The second kappa shape index (κ2) is 8.16. The van der Waals surface area contributed by atoms with E-state index >= 15 is 0 Å². The summed E-state index contributed by atoms with van der Waals surface area (Å²) in [5.41, 5.74) is 0.471. The topological polar surface area (TPSA) is 76.7 Å². The van der Waals surface area contributed by atoms with Crippen molar-refractivity contribution in [2.75, 3.05) is 33.9 Å². The molecule has 0 aromatic heterocycles. The highest BCUT2D eigenvalue weighted by Gasteiger charge is 2.13. The lowest BCUT2D eigenvalue weighted by molar-refractivity contribution is -0.118. The molecule has 0 bridgehead atoms. The van der Waals surface area contributed by atoms with E-state index in [1.54, 1.807) is 25.3 Å². The van der Waals surface area contributed by atoms with Gasteiger partial charge in [0.2, 0.25) is 5.91 Å². The molecule has 0 aliphatic heterocycles. The van der Waals surface area contributed by atoms with Gasteiger partial charge in [-0.15, -0.1) is 0 Å². The smallest absolute Gasteiger partial charge is 0.216 e. The van der Waals surface area contributed by atoms with Crippen LogP contribution < -0.4 is 20.1 Å². The number of hydrogen-bond acceptors (Lipinski definition) is 5. The number of carbonyl (C=O) groups excluding carboxylic acids is 2. The van der Waals surface area contributed by atoms with Crippen LogP contribution in [0.15, 0.2) is 18.2 Å². The molecular formula is C14H20N2O4. The Morgan fingerprint density at radius 1 is 1.15 bits per heavy atom. The molecule has 6 nitrogen and oxygen atoms in total. The fraction of sp³-hybridized carbons (Fsp3) is 0.429. The maximum Gasteiger partial charge on any atom is 0.216 e. The van der Waals surface area contributed by atoms with Crippen LogP contribution in [0.25, 0.3) is 0 Å². The van der Waals surface area contributed by atoms with Crippen molar-refractivity contribution in [3.05, 3.63) is 23.8 Å². The van der Waals surface area contributed by atoms with Crippen molar-refractivity contribution in [3.63, 3.8) is 0 Å². The van der Waals surface area contributed by atoms with Crippen LogP contribution in [-0.4, -0.2) is 45.5 Å². The molecule has 0 spiro atoms. The Morgan fingerprint density at radius 3 is 2.50 bits per heavy atom. The summed E-state index contributed by atoms with van der Waals surface area (Å²) in [6, 6.07) is 5.08. The molecule has 1 rings (SSSR count). The Balaban J connectivity index is 2.55. The summed E-state index contributed by atoms with van der Waals surface area (Å²) in [4.78, 5) is 22.8. The number of Topliss-reactive ketones (excluding diaryl/α,β-unsaturated/α-hetero) is 1. The van der Waals surface area contributed by atoms with Crippen molar-refractivity contribution in [1.82, 2.24) is 10.6 Å². The van der Waals surface area contributed by atoms with Crippen LogP contribution in [0.1, 0.15) is 17.3 Å². The third kappa shape index (κ3) is 4.89. The number of hydrogen-bond donors (Lipinski definition) is 2. The van der Waals surface area contributed by atoms with E-state index in [0.29, 0.717) is 30.2 Å². The number of amides is 1. The van der Waals surface area contributed by atoms with Gasteiger partial charge in [0.1, 0.15) is 11.5 Å². The van der Waals surface area contributed by atoms with Crippen LogP contribution in [0.5, 0.6) is 11.5 Å². The van der Waals surface area contributed by atoms with E-state index in [0.717, 1.165) is 0 Å². The number of ether oxygens (including phenoxy) is 2. The predicted octanol–water partition coefficient (Wildman–Crippen LogP) is 0.612. The molecule has 0 aliphatic carbocycles. The predicted molar refractivity (Wildman–Crippen MR) is 75.4 cm³/mol. The zero-order valence-electron chi connectivity index (χ0n) is 12.0. The number of carbonyl (C=O) groups is 2. The van der Waals surface area contributed by atoms with Crippen molar-refractivity contribution in [3.8, 4) is 11.5 Å². The Hall–Kier alpha value is -2.08. The molecule has 20 heavy (non-hydrogen) atoms. The van der Waals surface area contributed by atoms with Gasteiger partial charge in [0.15, 0.2) is 5.78 Å². The summed E-state index contributed by atoms with van der Waals surface area (Å²) in [6.07, 6.45) is 0. The number of rotatable bonds is 8. The highest BCUT2D eigenvalue weighted by Crippen LogP contribution is 2.24. The molecule has 2 N–H and O–H groups in total. The van der Waals surface area contributed by atoms with Crippen LogP contribution in [0, 0.1) is 0 Å². The zero-order chi connectivity index (χ0) is 15.0. The number of methoxy groups -OCH3 is 2. The summed E-state index contributed by atoms with van der Waals surface area (Å²) in [7, 11) is 3.06. The van der Waals surface area contributed by atoms with Gasteiger partial charge in [-0.3, -0.25) is 9.59 Å². The molecule has 1 amide bonds. The van der Waals surface area contributed by atoms with Crippen LogP contribution in [0.2, 0.25) is 0 Å². The van der Waals surface area contributed by atoms with Gasteiger partial charge in [-0.05, 0) is 18.2 Å². The fourth-order valence-electron chi connectivity index (χ4n) is 1.66. The fourth-order valence-corrected chi connectivity index (χ4v) is 1.66. The maximum atomic E-state index is 12.1. The molecule has 0 heterocycles. The minimum atomic E-state index is -0.0939. The number of ketones is 1. The van der Waals surface area contributed by atoms with Crippen LogP contribution >= 0.6 is 0 Å². The molecule has 0 aliphatic rings. The highest BCUT2D eigenvalue weighted by atomic mass is 16.5. The maximum absolute atomic E-state index is 12.1. The van der Waals surface area contributed by atoms with Gasteiger partial charge < -0.3 is 20.1 Å². The third-order valence-corrected chi connectivity index (χ3v) is 2.67. The van der Waals surface area contributed by atoms with Crippen molar-refractivity contribution >= 4 is 11.7 Å². The van der Waals surface area contributed by atoms with E-state index in [-0.39, 0.29) is 18.2 Å². The van der Waals surface area contributed by atoms with Gasteiger partial charge in [0, 0.05) is 20.0 Å². The normalized spacial score (nSPS) is 9.95. The lowest BCUT2D eigenvalue weighted by Crippen LogP contribution is -2.33. The van der Waals surface area contributed by atoms with Crippen molar-refractivity contribution in [1.29, 1.82) is 0 Å². The Morgan fingerprint density at radius 2 is 1.90 bits per heavy atom. The molecule has 0 atom stereocenters. The molecule has 0 saturated carbocycles. The van der Waals surface area contributed by atoms with E-state index in [1.807, 2.05) is 0 Å². The first-order valence-electron chi connectivity index (χ1n) is 6.29. The van der Waals surface area contributed by atoms with Crippen LogP contribution in [-0.2, 0) is 4.79 Å². The summed E-state index contributed by atoms with van der Waals surface area (Å²) < 4.78 is 10.3. The van der Waals surface area contributed by atoms with Crippen molar-refractivity contribution in [2.24, 2.45) is 0 Å². The average molecular weight is 280 g/mol. The van der Waals surface area contributed by atoms with Gasteiger partial charge >= 0.3 is 0 Å². The first kappa shape index (κ1) is 16.0. The first-order chi connectivity index (χ1) is 9.58. The molecular weight excluding hydrogens is 260 g/mol. The number of benzene rings is 1. The van der Waals surface area contributed by atoms with Gasteiger partial charge in [-0.2, -0.15) is 0 Å². The Bertz CT molecular complexity index is 474. The molecule has 110 valence electrons. The van der Waals surface area contributed by atoms with Gasteiger partial charge in [0.25, 0.3) is 0 Å². The lowest BCUT2D eigenvalue weighted by atomic mass is 10.1. The van der Waals surface area contributed by atoms with E-state index in [2.05, 4.69) is 10.6 Å². The third-order valence-electron chi connectivity index (χ3n) is 2.67. The van der Waals surface area contributed by atoms with Crippen LogP contribution in [0.3, 0.4) is 0 Å². The van der Waals surface area contributed by atoms with Gasteiger partial charge in [0.05, 0.1) is 26.3 Å². The largest absolute Gasteiger partial charge is 0.497 e. The summed E-state index contributed by atoms with van der Waals surface area (Å²) in [5.74, 6) is 0.933. The number of nitrogens with one attached hydrogen (secondary N) is 2. The summed E-state index contributed by atoms with van der Waals surface area (Å²) in [6.45, 7) is 2.63. The molecule has 6 heteroatoms. The quantitative estimate of drug-likeness (QED) is 0.539. The lowest BCUT2D eigenvalue weighted by Gasteiger charge is -2.10. The Kier molecular flexibility index (Phi) is 6.52. The zero-order valence-corrected chi connectivity index (χ0v) is 12.0. The first-order valence-corrected chi connectivity index (χ1v) is 6.29. The van der Waals surface area contributed by atoms with Gasteiger partial charge in [-0.25, -0.2) is 0 Å². The van der Waals surface area contributed by atoms with E-state index in [1.165, 1.54) is 14.0 Å². The highest BCUT2D eigenvalue weighted by molar-refractivity contribution is 6.00. The standard InChI is InChI=1S/C14H20N2O4/c1-10(17)16-7-6-15-9-13(18)12-8-11(19-2)4-5-14(12)20-3/h4-5,8,15H,6-7,9H2,1-3H3,(H,16,17). The average Bonchev–Trinajstić information content (AvgIpc) is 2.45. The summed E-state index contributed by atoms with van der Waals surface area (Å²) >= 11 is 0.